The fourth-order valence-corrected chi connectivity index (χ4v) is 1.79. The van der Waals surface area contributed by atoms with Crippen LogP contribution in [0.25, 0.3) is 10.8 Å². The number of hydrogen-bond donors (Lipinski definition) is 1. The fourth-order valence-electron chi connectivity index (χ4n) is 1.79. The second-order valence-corrected chi connectivity index (χ2v) is 3.77. The Morgan fingerprint density at radius 1 is 1.18 bits per heavy atom. The Balaban J connectivity index is 0.00000144. The van der Waals surface area contributed by atoms with E-state index in [1.54, 1.807) is 0 Å². The first-order valence-electron chi connectivity index (χ1n) is 5.11. The summed E-state index contributed by atoms with van der Waals surface area (Å²) in [5, 5.41) is 12.7. The van der Waals surface area contributed by atoms with Crippen molar-refractivity contribution in [3.05, 3.63) is 48.0 Å². The molecule has 0 saturated carbocycles. The van der Waals surface area contributed by atoms with Crippen LogP contribution < -0.4 is 29.7 Å². The Morgan fingerprint density at radius 3 is 2.53 bits per heavy atom. The predicted octanol–water partition coefficient (Wildman–Crippen LogP) is -2.54. The third kappa shape index (κ3) is 3.10. The number of carboxylic acids is 1. The van der Waals surface area contributed by atoms with Crippen molar-refractivity contribution in [2.45, 2.75) is 12.5 Å². The molecule has 17 heavy (non-hydrogen) atoms. The summed E-state index contributed by atoms with van der Waals surface area (Å²) in [5.74, 6) is -1.21. The minimum Gasteiger partial charge on any atom is -0.548 e. The maximum atomic E-state index is 10.6. The number of carbonyl (C=O) groups is 1. The van der Waals surface area contributed by atoms with Gasteiger partial charge in [0.2, 0.25) is 0 Å². The van der Waals surface area contributed by atoms with E-state index in [0.717, 1.165) is 16.3 Å². The van der Waals surface area contributed by atoms with E-state index in [0.29, 0.717) is 6.42 Å². The van der Waals surface area contributed by atoms with Gasteiger partial charge in [0.05, 0.1) is 5.97 Å². The number of carboxylic acid groups (broad SMARTS) is 1. The molecule has 82 valence electrons. The molecule has 0 saturated heterocycles. The normalized spacial score (nSPS) is 11.8. The van der Waals surface area contributed by atoms with Crippen LogP contribution in [0, 0.1) is 0 Å². The molecule has 0 heterocycles. The maximum absolute atomic E-state index is 10.6. The van der Waals surface area contributed by atoms with Crippen molar-refractivity contribution in [2.75, 3.05) is 0 Å². The second-order valence-electron chi connectivity index (χ2n) is 3.77. The van der Waals surface area contributed by atoms with Crippen molar-refractivity contribution in [3.8, 4) is 0 Å². The molecule has 0 unspecified atom stereocenters. The number of benzene rings is 2. The van der Waals surface area contributed by atoms with Crippen LogP contribution >= 0.6 is 0 Å². The van der Waals surface area contributed by atoms with Gasteiger partial charge < -0.3 is 15.6 Å². The number of aliphatic carboxylic acids is 1. The summed E-state index contributed by atoms with van der Waals surface area (Å²) in [4.78, 5) is 10.6. The van der Waals surface area contributed by atoms with E-state index in [1.165, 1.54) is 0 Å². The Morgan fingerprint density at radius 2 is 1.82 bits per heavy atom. The summed E-state index contributed by atoms with van der Waals surface area (Å²) in [7, 11) is 0. The standard InChI is InChI=1S/C13H13NO2.Li/c14-12(13(15)16)8-10-6-3-5-9-4-1-2-7-11(9)10;/h1-7,12H,8,14H2,(H,15,16);/q;+1/p-1/t12-;/m0./s1. The molecule has 0 aromatic heterocycles. The van der Waals surface area contributed by atoms with Gasteiger partial charge in [-0.3, -0.25) is 0 Å². The second kappa shape index (κ2) is 5.88. The summed E-state index contributed by atoms with van der Waals surface area (Å²) in [6.07, 6.45) is 0.295. The zero-order valence-electron chi connectivity index (χ0n) is 9.72. The van der Waals surface area contributed by atoms with E-state index >= 15 is 0 Å². The summed E-state index contributed by atoms with van der Waals surface area (Å²) >= 11 is 0. The van der Waals surface area contributed by atoms with Crippen LogP contribution in [0.15, 0.2) is 42.5 Å². The van der Waals surface area contributed by atoms with Crippen LogP contribution in [0.4, 0.5) is 0 Å². The third-order valence-electron chi connectivity index (χ3n) is 2.62. The van der Waals surface area contributed by atoms with Crippen molar-refractivity contribution in [3.63, 3.8) is 0 Å². The zero-order chi connectivity index (χ0) is 11.5. The number of rotatable bonds is 3. The Bertz CT molecular complexity index is 522. The zero-order valence-corrected chi connectivity index (χ0v) is 9.72. The van der Waals surface area contributed by atoms with Gasteiger partial charge in [0.25, 0.3) is 0 Å². The molecule has 2 aromatic rings. The van der Waals surface area contributed by atoms with Gasteiger partial charge in [0, 0.05) is 6.04 Å². The molecule has 0 aliphatic heterocycles. The minimum atomic E-state index is -1.21. The van der Waals surface area contributed by atoms with Gasteiger partial charge in [-0.1, -0.05) is 42.5 Å². The molecule has 2 rings (SSSR count). The minimum absolute atomic E-state index is 0. The maximum Gasteiger partial charge on any atom is 1.00 e. The van der Waals surface area contributed by atoms with Crippen LogP contribution in [0.1, 0.15) is 5.56 Å². The molecule has 2 N–H and O–H groups in total. The molecule has 0 aliphatic carbocycles. The molecule has 1 atom stereocenters. The van der Waals surface area contributed by atoms with Crippen LogP contribution in [-0.4, -0.2) is 12.0 Å². The Hall–Kier alpha value is -1.27. The van der Waals surface area contributed by atoms with E-state index in [2.05, 4.69) is 0 Å². The molecule has 0 amide bonds. The van der Waals surface area contributed by atoms with Gasteiger partial charge in [-0.15, -0.1) is 0 Å². The van der Waals surface area contributed by atoms with Crippen LogP contribution in [0.3, 0.4) is 0 Å². The number of fused-ring (bicyclic) bond motifs is 1. The molecule has 4 heteroatoms. The van der Waals surface area contributed by atoms with E-state index in [9.17, 15) is 9.90 Å². The van der Waals surface area contributed by atoms with Crippen LogP contribution in [0.2, 0.25) is 0 Å². The summed E-state index contributed by atoms with van der Waals surface area (Å²) in [6, 6.07) is 12.7. The van der Waals surface area contributed by atoms with Gasteiger partial charge in [0.1, 0.15) is 0 Å². The topological polar surface area (TPSA) is 66.2 Å². The molecule has 3 nitrogen and oxygen atoms in total. The average Bonchev–Trinajstić information content (AvgIpc) is 2.29. The van der Waals surface area contributed by atoms with Gasteiger partial charge in [0.15, 0.2) is 0 Å². The third-order valence-corrected chi connectivity index (χ3v) is 2.62. The number of carbonyl (C=O) groups excluding carboxylic acids is 1. The molecule has 2 aromatic carbocycles. The molecule has 0 spiro atoms. The van der Waals surface area contributed by atoms with Gasteiger partial charge >= 0.3 is 18.9 Å². The number of hydrogen-bond acceptors (Lipinski definition) is 3. The van der Waals surface area contributed by atoms with Crippen molar-refractivity contribution in [2.24, 2.45) is 5.73 Å². The Kier molecular flexibility index (Phi) is 4.77. The first-order chi connectivity index (χ1) is 7.68. The van der Waals surface area contributed by atoms with E-state index in [4.69, 9.17) is 5.73 Å². The molecule has 0 bridgehead atoms. The van der Waals surface area contributed by atoms with Crippen molar-refractivity contribution >= 4 is 16.7 Å². The molecular weight excluding hydrogens is 209 g/mol. The SMILES string of the molecule is N[C@@H](Cc1cccc2ccccc12)C(=O)[O-].[Li+]. The number of nitrogens with two attached hydrogens (primary N) is 1. The van der Waals surface area contributed by atoms with E-state index in [1.807, 2.05) is 42.5 Å². The average molecular weight is 221 g/mol. The predicted molar refractivity (Wildman–Crippen MR) is 60.6 cm³/mol. The first-order valence-corrected chi connectivity index (χ1v) is 5.11. The van der Waals surface area contributed by atoms with E-state index in [-0.39, 0.29) is 18.9 Å². The van der Waals surface area contributed by atoms with Gasteiger partial charge in [-0.05, 0) is 22.8 Å². The van der Waals surface area contributed by atoms with Crippen LogP contribution in [-0.2, 0) is 11.2 Å². The van der Waals surface area contributed by atoms with Crippen molar-refractivity contribution < 1.29 is 28.8 Å². The first kappa shape index (κ1) is 13.8. The summed E-state index contributed by atoms with van der Waals surface area (Å²) < 4.78 is 0. The van der Waals surface area contributed by atoms with Gasteiger partial charge in [-0.2, -0.15) is 0 Å². The quantitative estimate of drug-likeness (QED) is 0.581. The largest absolute Gasteiger partial charge is 1.00 e. The smallest absolute Gasteiger partial charge is 0.548 e. The van der Waals surface area contributed by atoms with Crippen molar-refractivity contribution in [1.82, 2.24) is 0 Å². The molecular formula is C13H12LiNO2. The molecule has 0 radical (unpaired) electrons. The molecule has 0 aliphatic rings. The summed E-state index contributed by atoms with van der Waals surface area (Å²) in [6.45, 7) is 0. The summed E-state index contributed by atoms with van der Waals surface area (Å²) in [5.41, 5.74) is 6.42. The van der Waals surface area contributed by atoms with Crippen LogP contribution in [0.5, 0.6) is 0 Å². The monoisotopic (exact) mass is 221 g/mol. The fraction of sp³-hybridized carbons (Fsp3) is 0.154. The van der Waals surface area contributed by atoms with Gasteiger partial charge in [-0.25, -0.2) is 0 Å². The Labute approximate surface area is 112 Å². The van der Waals surface area contributed by atoms with E-state index < -0.39 is 12.0 Å². The molecule has 0 fully saturated rings. The van der Waals surface area contributed by atoms with Crippen molar-refractivity contribution in [1.29, 1.82) is 0 Å².